The van der Waals surface area contributed by atoms with Crippen LogP contribution in [0.25, 0.3) is 0 Å². The van der Waals surface area contributed by atoms with E-state index < -0.39 is 10.0 Å². The number of methoxy groups -OCH3 is 1. The van der Waals surface area contributed by atoms with Crippen LogP contribution in [-0.4, -0.2) is 56.0 Å². The van der Waals surface area contributed by atoms with Crippen molar-refractivity contribution in [3.63, 3.8) is 0 Å². The van der Waals surface area contributed by atoms with Crippen LogP contribution < -0.4 is 9.64 Å². The van der Waals surface area contributed by atoms with Crippen molar-refractivity contribution in [2.75, 3.05) is 38.2 Å². The highest BCUT2D eigenvalue weighted by molar-refractivity contribution is 7.99. The minimum Gasteiger partial charge on any atom is -0.497 e. The molecule has 3 aromatic rings. The molecule has 0 N–H and O–H groups in total. The van der Waals surface area contributed by atoms with E-state index in [9.17, 15) is 8.42 Å². The number of rotatable bonds is 6. The van der Waals surface area contributed by atoms with Crippen molar-refractivity contribution in [3.05, 3.63) is 65.9 Å². The minimum atomic E-state index is -3.55. The van der Waals surface area contributed by atoms with Crippen molar-refractivity contribution in [1.29, 1.82) is 0 Å². The second kappa shape index (κ2) is 9.48. The van der Waals surface area contributed by atoms with Crippen LogP contribution in [0.15, 0.2) is 69.4 Å². The van der Waals surface area contributed by atoms with Gasteiger partial charge >= 0.3 is 0 Å². The molecule has 4 rings (SSSR count). The van der Waals surface area contributed by atoms with E-state index in [4.69, 9.17) is 9.72 Å². The molecule has 1 aliphatic heterocycles. The lowest BCUT2D eigenvalue weighted by Gasteiger charge is -2.34. The maximum absolute atomic E-state index is 13.0. The quantitative estimate of drug-likeness (QED) is 0.508. The number of anilines is 1. The molecule has 1 aliphatic rings. The van der Waals surface area contributed by atoms with Crippen LogP contribution >= 0.6 is 11.8 Å². The molecule has 0 atom stereocenters. The van der Waals surface area contributed by atoms with Crippen molar-refractivity contribution in [2.45, 2.75) is 28.7 Å². The molecular formula is C23H26N4O3S2. The molecule has 0 amide bonds. The zero-order valence-corrected chi connectivity index (χ0v) is 20.0. The second-order valence-electron chi connectivity index (χ2n) is 7.63. The Morgan fingerprint density at radius 2 is 1.56 bits per heavy atom. The molecule has 7 nitrogen and oxygen atoms in total. The molecule has 0 spiro atoms. The van der Waals surface area contributed by atoms with E-state index in [1.165, 1.54) is 9.87 Å². The highest BCUT2D eigenvalue weighted by Gasteiger charge is 2.29. The number of benzene rings is 2. The fraction of sp³-hybridized carbons (Fsp3) is 0.304. The van der Waals surface area contributed by atoms with E-state index in [0.717, 1.165) is 15.6 Å². The van der Waals surface area contributed by atoms with Crippen molar-refractivity contribution in [2.24, 2.45) is 0 Å². The van der Waals surface area contributed by atoms with Gasteiger partial charge in [0.15, 0.2) is 0 Å². The molecular weight excluding hydrogens is 444 g/mol. The minimum absolute atomic E-state index is 0.273. The number of hydrogen-bond acceptors (Lipinski definition) is 7. The van der Waals surface area contributed by atoms with Gasteiger partial charge in [0.2, 0.25) is 16.0 Å². The van der Waals surface area contributed by atoms with E-state index in [0.29, 0.717) is 37.9 Å². The van der Waals surface area contributed by atoms with Crippen molar-refractivity contribution in [1.82, 2.24) is 14.3 Å². The number of aromatic nitrogens is 2. The Labute approximate surface area is 193 Å². The van der Waals surface area contributed by atoms with Gasteiger partial charge in [-0.15, -0.1) is 0 Å². The number of nitrogens with zero attached hydrogens (tertiary/aromatic N) is 4. The van der Waals surface area contributed by atoms with Gasteiger partial charge in [-0.05, 0) is 56.3 Å². The highest BCUT2D eigenvalue weighted by atomic mass is 32.2. The normalized spacial score (nSPS) is 15.0. The Morgan fingerprint density at radius 1 is 0.906 bits per heavy atom. The van der Waals surface area contributed by atoms with Crippen molar-refractivity contribution < 1.29 is 13.2 Å². The van der Waals surface area contributed by atoms with E-state index in [1.54, 1.807) is 43.1 Å². The maximum Gasteiger partial charge on any atom is 0.243 e. The summed E-state index contributed by atoms with van der Waals surface area (Å²) in [6, 6.07) is 16.8. The summed E-state index contributed by atoms with van der Waals surface area (Å²) in [5.74, 6) is 1.27. The summed E-state index contributed by atoms with van der Waals surface area (Å²) in [6.45, 7) is 5.85. The molecule has 2 heterocycles. The predicted molar refractivity (Wildman–Crippen MR) is 126 cm³/mol. The zero-order chi connectivity index (χ0) is 22.7. The smallest absolute Gasteiger partial charge is 0.243 e. The average molecular weight is 471 g/mol. The lowest BCUT2D eigenvalue weighted by Crippen LogP contribution is -2.49. The predicted octanol–water partition coefficient (Wildman–Crippen LogP) is 3.76. The molecule has 168 valence electrons. The Kier molecular flexibility index (Phi) is 6.68. The molecule has 9 heteroatoms. The first-order valence-electron chi connectivity index (χ1n) is 10.3. The Morgan fingerprint density at radius 3 is 2.19 bits per heavy atom. The highest BCUT2D eigenvalue weighted by Crippen LogP contribution is 2.28. The number of piperazine rings is 1. The Bertz CT molecular complexity index is 1170. The molecule has 1 saturated heterocycles. The van der Waals surface area contributed by atoms with Gasteiger partial charge in [-0.25, -0.2) is 18.4 Å². The van der Waals surface area contributed by atoms with Gasteiger partial charge < -0.3 is 9.64 Å². The number of ether oxygens (including phenoxy) is 1. The summed E-state index contributed by atoms with van der Waals surface area (Å²) in [6.07, 6.45) is 0. The van der Waals surface area contributed by atoms with E-state index >= 15 is 0 Å². The number of aryl methyl sites for hydroxylation is 2. The van der Waals surface area contributed by atoms with Crippen LogP contribution in [-0.2, 0) is 10.0 Å². The number of hydrogen-bond donors (Lipinski definition) is 0. The summed E-state index contributed by atoms with van der Waals surface area (Å²) >= 11 is 1.60. The monoisotopic (exact) mass is 470 g/mol. The molecule has 1 fully saturated rings. The third-order valence-electron chi connectivity index (χ3n) is 5.28. The lowest BCUT2D eigenvalue weighted by molar-refractivity contribution is 0.382. The third-order valence-corrected chi connectivity index (χ3v) is 8.12. The van der Waals surface area contributed by atoms with Crippen molar-refractivity contribution in [3.8, 4) is 5.75 Å². The third kappa shape index (κ3) is 5.06. The Hall–Kier alpha value is -2.62. The van der Waals surface area contributed by atoms with Crippen LogP contribution in [0.4, 0.5) is 5.95 Å². The van der Waals surface area contributed by atoms with Crippen LogP contribution in [0, 0.1) is 13.8 Å². The van der Waals surface area contributed by atoms with Gasteiger partial charge in [-0.1, -0.05) is 29.5 Å². The summed E-state index contributed by atoms with van der Waals surface area (Å²) in [7, 11) is -1.99. The fourth-order valence-corrected chi connectivity index (χ4v) is 5.76. The topological polar surface area (TPSA) is 75.6 Å². The van der Waals surface area contributed by atoms with Crippen molar-refractivity contribution >= 4 is 27.7 Å². The van der Waals surface area contributed by atoms with Gasteiger partial charge in [0.1, 0.15) is 10.8 Å². The van der Waals surface area contributed by atoms with Gasteiger partial charge in [-0.2, -0.15) is 4.31 Å². The fourth-order valence-electron chi connectivity index (χ4n) is 3.47. The first kappa shape index (κ1) is 22.6. The van der Waals surface area contributed by atoms with E-state index in [2.05, 4.69) is 36.2 Å². The molecule has 0 bridgehead atoms. The van der Waals surface area contributed by atoms with E-state index in [1.807, 2.05) is 17.9 Å². The molecule has 0 radical (unpaired) electrons. The average Bonchev–Trinajstić information content (AvgIpc) is 2.80. The molecule has 32 heavy (non-hydrogen) atoms. The van der Waals surface area contributed by atoms with Crippen LogP contribution in [0.5, 0.6) is 5.75 Å². The SMILES string of the molecule is COc1ccc(S(=O)(=O)N2CCN(c3nc(C)cc(Sc4ccc(C)cc4)n3)CC2)cc1. The van der Waals surface area contributed by atoms with Gasteiger partial charge in [0, 0.05) is 36.8 Å². The van der Waals surface area contributed by atoms with Gasteiger partial charge in [-0.3, -0.25) is 0 Å². The lowest BCUT2D eigenvalue weighted by atomic mass is 10.2. The Balaban J connectivity index is 1.45. The second-order valence-corrected chi connectivity index (χ2v) is 10.7. The first-order valence-corrected chi connectivity index (χ1v) is 12.6. The first-order chi connectivity index (χ1) is 15.3. The maximum atomic E-state index is 13.0. The zero-order valence-electron chi connectivity index (χ0n) is 18.4. The number of sulfonamides is 1. The summed E-state index contributed by atoms with van der Waals surface area (Å²) in [4.78, 5) is 12.8. The largest absolute Gasteiger partial charge is 0.497 e. The van der Waals surface area contributed by atoms with Crippen LogP contribution in [0.3, 0.4) is 0 Å². The van der Waals surface area contributed by atoms with Gasteiger partial charge in [0.25, 0.3) is 0 Å². The molecule has 0 aliphatic carbocycles. The molecule has 0 saturated carbocycles. The summed E-state index contributed by atoms with van der Waals surface area (Å²) in [5, 5.41) is 0.879. The van der Waals surface area contributed by atoms with Gasteiger partial charge in [0.05, 0.1) is 12.0 Å². The van der Waals surface area contributed by atoms with Crippen LogP contribution in [0.1, 0.15) is 11.3 Å². The van der Waals surface area contributed by atoms with E-state index in [-0.39, 0.29) is 4.90 Å². The standard InChI is InChI=1S/C23H26N4O3S2/c1-17-4-8-20(9-5-17)31-22-16-18(2)24-23(25-22)26-12-14-27(15-13-26)32(28,29)21-10-6-19(30-3)7-11-21/h4-11,16H,12-15H2,1-3H3. The molecule has 2 aromatic carbocycles. The van der Waals surface area contributed by atoms with Crippen LogP contribution in [0.2, 0.25) is 0 Å². The molecule has 0 unspecified atom stereocenters. The molecule has 1 aromatic heterocycles. The summed E-state index contributed by atoms with van der Waals surface area (Å²) < 4.78 is 32.6. The summed E-state index contributed by atoms with van der Waals surface area (Å²) in [5.41, 5.74) is 2.11.